The Morgan fingerprint density at radius 1 is 1.43 bits per heavy atom. The first-order valence-electron chi connectivity index (χ1n) is 6.93. The molecule has 2 rings (SSSR count). The second kappa shape index (κ2) is 7.39. The van der Waals surface area contributed by atoms with Crippen LogP contribution in [0.1, 0.15) is 18.9 Å². The topological polar surface area (TPSA) is 101 Å². The zero-order chi connectivity index (χ0) is 16.8. The van der Waals surface area contributed by atoms with E-state index in [2.05, 4.69) is 21.1 Å². The fraction of sp³-hybridized carbons (Fsp3) is 0.333. The fourth-order valence-corrected chi connectivity index (χ4v) is 2.15. The van der Waals surface area contributed by atoms with Crippen molar-refractivity contribution in [3.63, 3.8) is 0 Å². The molecular formula is C15H18N4O4. The largest absolute Gasteiger partial charge is 0.493 e. The summed E-state index contributed by atoms with van der Waals surface area (Å²) in [6, 6.07) is 5.32. The van der Waals surface area contributed by atoms with Gasteiger partial charge in [0, 0.05) is 17.7 Å². The zero-order valence-electron chi connectivity index (χ0n) is 13.1. The van der Waals surface area contributed by atoms with E-state index >= 15 is 0 Å². The van der Waals surface area contributed by atoms with Crippen molar-refractivity contribution in [1.82, 2.24) is 10.9 Å². The summed E-state index contributed by atoms with van der Waals surface area (Å²) < 4.78 is 10.4. The lowest BCUT2D eigenvalue weighted by Gasteiger charge is -2.09. The van der Waals surface area contributed by atoms with Gasteiger partial charge in [0.25, 0.3) is 0 Å². The lowest BCUT2D eigenvalue weighted by atomic mass is 10.0. The number of amides is 2. The van der Waals surface area contributed by atoms with Crippen molar-refractivity contribution in [3.8, 4) is 11.5 Å². The molecule has 1 aliphatic heterocycles. The number of hydrogen-bond donors (Lipinski definition) is 2. The number of methoxy groups -OCH3 is 2. The van der Waals surface area contributed by atoms with Crippen molar-refractivity contribution in [2.24, 2.45) is 16.1 Å². The predicted octanol–water partition coefficient (Wildman–Crippen LogP) is 0.666. The van der Waals surface area contributed by atoms with Gasteiger partial charge in [0.15, 0.2) is 11.5 Å². The van der Waals surface area contributed by atoms with Gasteiger partial charge in [-0.2, -0.15) is 10.2 Å². The highest BCUT2D eigenvalue weighted by molar-refractivity contribution is 6.09. The number of carbonyl (C=O) groups excluding carboxylic acids is 2. The van der Waals surface area contributed by atoms with E-state index in [0.717, 1.165) is 0 Å². The van der Waals surface area contributed by atoms with E-state index in [1.165, 1.54) is 20.4 Å². The van der Waals surface area contributed by atoms with Gasteiger partial charge in [-0.3, -0.25) is 9.59 Å². The number of benzene rings is 1. The first-order chi connectivity index (χ1) is 11.1. The number of nitrogens with one attached hydrogen (secondary N) is 2. The van der Waals surface area contributed by atoms with Gasteiger partial charge >= 0.3 is 0 Å². The molecule has 0 saturated carbocycles. The van der Waals surface area contributed by atoms with Crippen LogP contribution in [0.5, 0.6) is 11.5 Å². The summed E-state index contributed by atoms with van der Waals surface area (Å²) in [5.74, 6) is -0.115. The van der Waals surface area contributed by atoms with Crippen molar-refractivity contribution in [3.05, 3.63) is 23.8 Å². The summed E-state index contributed by atoms with van der Waals surface area (Å²) in [6.45, 7) is 1.69. The van der Waals surface area contributed by atoms with Crippen LogP contribution in [0.2, 0.25) is 0 Å². The average Bonchev–Trinajstić information content (AvgIpc) is 2.86. The Morgan fingerprint density at radius 3 is 2.83 bits per heavy atom. The van der Waals surface area contributed by atoms with Crippen LogP contribution < -0.4 is 20.3 Å². The molecule has 0 bridgehead atoms. The van der Waals surface area contributed by atoms with E-state index in [-0.39, 0.29) is 18.2 Å². The minimum atomic E-state index is -0.545. The molecule has 1 aliphatic rings. The second-order valence-corrected chi connectivity index (χ2v) is 4.86. The number of ether oxygens (including phenoxy) is 2. The van der Waals surface area contributed by atoms with Gasteiger partial charge in [-0.1, -0.05) is 6.07 Å². The van der Waals surface area contributed by atoms with E-state index in [4.69, 9.17) is 9.47 Å². The molecule has 8 nitrogen and oxygen atoms in total. The van der Waals surface area contributed by atoms with Crippen molar-refractivity contribution in [2.75, 3.05) is 14.2 Å². The summed E-state index contributed by atoms with van der Waals surface area (Å²) in [7, 11) is 3.06. The monoisotopic (exact) mass is 318 g/mol. The van der Waals surface area contributed by atoms with Crippen LogP contribution in [0.3, 0.4) is 0 Å². The van der Waals surface area contributed by atoms with Crippen LogP contribution in [0, 0.1) is 5.92 Å². The van der Waals surface area contributed by atoms with Crippen molar-refractivity contribution < 1.29 is 19.1 Å². The second-order valence-electron chi connectivity index (χ2n) is 4.86. The molecule has 2 amide bonds. The lowest BCUT2D eigenvalue weighted by molar-refractivity contribution is -0.127. The van der Waals surface area contributed by atoms with E-state index in [1.807, 2.05) is 0 Å². The molecule has 0 fully saturated rings. The maximum atomic E-state index is 11.8. The molecular weight excluding hydrogens is 300 g/mol. The molecule has 0 saturated heterocycles. The van der Waals surface area contributed by atoms with Gasteiger partial charge in [-0.15, -0.1) is 0 Å². The van der Waals surface area contributed by atoms with Gasteiger partial charge in [-0.25, -0.2) is 10.9 Å². The molecule has 8 heteroatoms. The SMILES string of the molecule is COc1cccc(/C=N\NC(=O)C[C@H]2C(=O)NN=C2C)c1OC. The predicted molar refractivity (Wildman–Crippen MR) is 84.6 cm³/mol. The highest BCUT2D eigenvalue weighted by atomic mass is 16.5. The van der Waals surface area contributed by atoms with E-state index in [9.17, 15) is 9.59 Å². The Labute approximate surface area is 133 Å². The molecule has 1 aromatic carbocycles. The normalized spacial score (nSPS) is 16.9. The maximum Gasteiger partial charge on any atom is 0.249 e. The minimum Gasteiger partial charge on any atom is -0.493 e. The molecule has 0 aliphatic carbocycles. The van der Waals surface area contributed by atoms with Crippen LogP contribution >= 0.6 is 0 Å². The molecule has 1 aromatic rings. The number of nitrogens with zero attached hydrogens (tertiary/aromatic N) is 2. The van der Waals surface area contributed by atoms with Crippen molar-refractivity contribution in [2.45, 2.75) is 13.3 Å². The van der Waals surface area contributed by atoms with Crippen LogP contribution in [0.15, 0.2) is 28.4 Å². The number of para-hydroxylation sites is 1. The standard InChI is InChI=1S/C15H18N4O4/c1-9-11(15(21)19-17-9)7-13(20)18-16-8-10-5-4-6-12(22-2)14(10)23-3/h4-6,8,11H,7H2,1-3H3,(H,18,20)(H,19,21)/b16-8-/t11-/m1/s1. The Morgan fingerprint density at radius 2 is 2.22 bits per heavy atom. The van der Waals surface area contributed by atoms with Crippen LogP contribution in [-0.4, -0.2) is 38.0 Å². The number of hydrogen-bond acceptors (Lipinski definition) is 6. The van der Waals surface area contributed by atoms with Crippen molar-refractivity contribution >= 4 is 23.7 Å². The summed E-state index contributed by atoms with van der Waals surface area (Å²) in [5.41, 5.74) is 5.96. The molecule has 0 aromatic heterocycles. The summed E-state index contributed by atoms with van der Waals surface area (Å²) in [4.78, 5) is 23.3. The Balaban J connectivity index is 1.98. The fourth-order valence-electron chi connectivity index (χ4n) is 2.15. The molecule has 0 unspecified atom stereocenters. The first-order valence-corrected chi connectivity index (χ1v) is 6.93. The van der Waals surface area contributed by atoms with Gasteiger partial charge in [0.05, 0.1) is 26.4 Å². The minimum absolute atomic E-state index is 0.00620. The highest BCUT2D eigenvalue weighted by Gasteiger charge is 2.28. The molecule has 2 N–H and O–H groups in total. The molecule has 23 heavy (non-hydrogen) atoms. The van der Waals surface area contributed by atoms with E-state index in [0.29, 0.717) is 22.8 Å². The molecule has 0 spiro atoms. The van der Waals surface area contributed by atoms with Gasteiger partial charge in [0.1, 0.15) is 0 Å². The number of hydrazone groups is 2. The molecule has 0 radical (unpaired) electrons. The quantitative estimate of drug-likeness (QED) is 0.594. The van der Waals surface area contributed by atoms with Gasteiger partial charge in [-0.05, 0) is 19.1 Å². The Bertz CT molecular complexity index is 669. The van der Waals surface area contributed by atoms with Gasteiger partial charge in [0.2, 0.25) is 11.8 Å². The Kier molecular flexibility index (Phi) is 5.29. The third-order valence-corrected chi connectivity index (χ3v) is 3.38. The average molecular weight is 318 g/mol. The van der Waals surface area contributed by atoms with Crippen molar-refractivity contribution in [1.29, 1.82) is 0 Å². The third kappa shape index (κ3) is 3.85. The maximum absolute atomic E-state index is 11.8. The number of rotatable bonds is 6. The van der Waals surface area contributed by atoms with Gasteiger partial charge < -0.3 is 9.47 Å². The third-order valence-electron chi connectivity index (χ3n) is 3.38. The van der Waals surface area contributed by atoms with E-state index in [1.54, 1.807) is 25.1 Å². The zero-order valence-corrected chi connectivity index (χ0v) is 13.1. The molecule has 122 valence electrons. The highest BCUT2D eigenvalue weighted by Crippen LogP contribution is 2.29. The Hall–Kier alpha value is -2.90. The first kappa shape index (κ1) is 16.5. The summed E-state index contributed by atoms with van der Waals surface area (Å²) in [5, 5.41) is 7.68. The summed E-state index contributed by atoms with van der Waals surface area (Å²) in [6.07, 6.45) is 1.45. The van der Waals surface area contributed by atoms with Crippen LogP contribution in [0.25, 0.3) is 0 Å². The molecule has 1 heterocycles. The summed E-state index contributed by atoms with van der Waals surface area (Å²) >= 11 is 0. The van der Waals surface area contributed by atoms with Crippen LogP contribution in [-0.2, 0) is 9.59 Å². The molecule has 1 atom stereocenters. The van der Waals surface area contributed by atoms with Crippen LogP contribution in [0.4, 0.5) is 0 Å². The number of carbonyl (C=O) groups is 2. The van der Waals surface area contributed by atoms with E-state index < -0.39 is 5.92 Å². The smallest absolute Gasteiger partial charge is 0.249 e. The lowest BCUT2D eigenvalue weighted by Crippen LogP contribution is -2.29.